The second kappa shape index (κ2) is 7.39. The molecule has 0 spiro atoms. The molecule has 1 fully saturated rings. The zero-order valence-electron chi connectivity index (χ0n) is 13.2. The third-order valence-electron chi connectivity index (χ3n) is 3.78. The quantitative estimate of drug-likeness (QED) is 0.702. The number of anilines is 1. The first-order chi connectivity index (χ1) is 11.2. The largest absolute Gasteiger partial charge is 0.461 e. The maximum atomic E-state index is 9.45. The first-order valence-corrected chi connectivity index (χ1v) is 8.70. The number of ether oxygens (including phenoxy) is 1. The highest BCUT2D eigenvalue weighted by molar-refractivity contribution is 7.18. The number of aromatic nitrogens is 2. The highest BCUT2D eigenvalue weighted by Crippen LogP contribution is 2.33. The van der Waals surface area contributed by atoms with Crippen LogP contribution in [0.2, 0.25) is 0 Å². The van der Waals surface area contributed by atoms with Gasteiger partial charge in [0.1, 0.15) is 23.4 Å². The molecule has 1 atom stereocenters. The Morgan fingerprint density at radius 1 is 1.39 bits per heavy atom. The number of hydrogen-bond acceptors (Lipinski definition) is 8. The van der Waals surface area contributed by atoms with E-state index >= 15 is 0 Å². The molecule has 23 heavy (non-hydrogen) atoms. The van der Waals surface area contributed by atoms with E-state index < -0.39 is 6.10 Å². The van der Waals surface area contributed by atoms with Crippen molar-refractivity contribution in [2.45, 2.75) is 19.4 Å². The smallest absolute Gasteiger partial charge is 0.319 e. The van der Waals surface area contributed by atoms with Crippen LogP contribution in [0.25, 0.3) is 10.2 Å². The zero-order chi connectivity index (χ0) is 16.2. The molecule has 126 valence electrons. The molecule has 7 nitrogen and oxygen atoms in total. The van der Waals surface area contributed by atoms with Crippen LogP contribution in [0.15, 0.2) is 6.07 Å². The molecule has 1 saturated heterocycles. The fraction of sp³-hybridized carbons (Fsp3) is 0.600. The molecule has 3 N–H and O–H groups in total. The third kappa shape index (κ3) is 3.72. The van der Waals surface area contributed by atoms with Crippen LogP contribution >= 0.6 is 11.3 Å². The third-order valence-corrected chi connectivity index (χ3v) is 4.96. The minimum absolute atomic E-state index is 0.0188. The summed E-state index contributed by atoms with van der Waals surface area (Å²) in [7, 11) is 0. The summed E-state index contributed by atoms with van der Waals surface area (Å²) >= 11 is 1.64. The average molecular weight is 338 g/mol. The van der Waals surface area contributed by atoms with Gasteiger partial charge in [-0.3, -0.25) is 0 Å². The lowest BCUT2D eigenvalue weighted by molar-refractivity contribution is 0.0506. The molecular formula is C15H22N4O3S. The number of thiophene rings is 1. The number of fused-ring (bicyclic) bond motifs is 1. The predicted molar refractivity (Wildman–Crippen MR) is 90.5 cm³/mol. The van der Waals surface area contributed by atoms with Crippen molar-refractivity contribution in [1.82, 2.24) is 15.3 Å². The Hall–Kier alpha value is -1.48. The van der Waals surface area contributed by atoms with Gasteiger partial charge in [0.15, 0.2) is 0 Å². The number of aryl methyl sites for hydroxylation is 1. The summed E-state index contributed by atoms with van der Waals surface area (Å²) in [4.78, 5) is 13.4. The predicted octanol–water partition coefficient (Wildman–Crippen LogP) is 0.395. The van der Waals surface area contributed by atoms with E-state index in [0.717, 1.165) is 48.6 Å². The summed E-state index contributed by atoms with van der Waals surface area (Å²) in [5.74, 6) is 0.890. The minimum Gasteiger partial charge on any atom is -0.461 e. The molecule has 0 aromatic carbocycles. The molecule has 0 amide bonds. The fourth-order valence-electron chi connectivity index (χ4n) is 2.52. The van der Waals surface area contributed by atoms with E-state index in [1.165, 1.54) is 4.88 Å². The van der Waals surface area contributed by atoms with Crippen molar-refractivity contribution in [1.29, 1.82) is 0 Å². The summed E-state index contributed by atoms with van der Waals surface area (Å²) < 4.78 is 5.47. The van der Waals surface area contributed by atoms with Crippen molar-refractivity contribution in [3.8, 4) is 6.01 Å². The fourth-order valence-corrected chi connectivity index (χ4v) is 3.47. The lowest BCUT2D eigenvalue weighted by Gasteiger charge is -2.29. The molecule has 3 heterocycles. The lowest BCUT2D eigenvalue weighted by atomic mass is 10.2. The van der Waals surface area contributed by atoms with E-state index in [2.05, 4.69) is 33.2 Å². The maximum Gasteiger partial charge on any atom is 0.319 e. The van der Waals surface area contributed by atoms with E-state index in [4.69, 9.17) is 9.84 Å². The van der Waals surface area contributed by atoms with Gasteiger partial charge in [-0.1, -0.05) is 6.92 Å². The summed E-state index contributed by atoms with van der Waals surface area (Å²) in [6.07, 6.45) is 0.0352. The number of aliphatic hydroxyl groups is 2. The van der Waals surface area contributed by atoms with Gasteiger partial charge in [0.2, 0.25) is 0 Å². The van der Waals surface area contributed by atoms with E-state index in [1.54, 1.807) is 11.3 Å². The minimum atomic E-state index is -0.925. The maximum absolute atomic E-state index is 9.45. The Morgan fingerprint density at radius 2 is 2.17 bits per heavy atom. The van der Waals surface area contributed by atoms with Crippen molar-refractivity contribution < 1.29 is 14.9 Å². The van der Waals surface area contributed by atoms with Crippen LogP contribution in [0.4, 0.5) is 5.82 Å². The average Bonchev–Trinajstić information content (AvgIpc) is 3.02. The number of nitrogens with one attached hydrogen (secondary N) is 1. The molecular weight excluding hydrogens is 316 g/mol. The number of aliphatic hydroxyl groups excluding tert-OH is 2. The summed E-state index contributed by atoms with van der Waals surface area (Å²) in [5.41, 5.74) is 0. The van der Waals surface area contributed by atoms with Gasteiger partial charge < -0.3 is 25.2 Å². The number of hydrogen-bond donors (Lipinski definition) is 3. The zero-order valence-corrected chi connectivity index (χ0v) is 14.0. The van der Waals surface area contributed by atoms with Crippen LogP contribution in [0.3, 0.4) is 0 Å². The summed E-state index contributed by atoms with van der Waals surface area (Å²) in [6, 6.07) is 2.41. The van der Waals surface area contributed by atoms with Crippen LogP contribution in [-0.2, 0) is 6.42 Å². The molecule has 0 unspecified atom stereocenters. The molecule has 2 aromatic heterocycles. The molecule has 0 radical (unpaired) electrons. The Kier molecular flexibility index (Phi) is 5.27. The first-order valence-electron chi connectivity index (χ1n) is 7.89. The molecule has 3 rings (SSSR count). The number of piperazine rings is 1. The second-order valence-corrected chi connectivity index (χ2v) is 6.61. The Balaban J connectivity index is 1.94. The van der Waals surface area contributed by atoms with Crippen molar-refractivity contribution in [2.24, 2.45) is 0 Å². The van der Waals surface area contributed by atoms with Crippen molar-refractivity contribution in [3.63, 3.8) is 0 Å². The highest BCUT2D eigenvalue weighted by Gasteiger charge is 2.19. The van der Waals surface area contributed by atoms with Gasteiger partial charge >= 0.3 is 6.01 Å². The molecule has 1 aliphatic rings. The van der Waals surface area contributed by atoms with Crippen molar-refractivity contribution in [2.75, 3.05) is 44.3 Å². The normalized spacial score (nSPS) is 16.7. The van der Waals surface area contributed by atoms with Gasteiger partial charge in [0.25, 0.3) is 0 Å². The molecule has 0 bridgehead atoms. The van der Waals surface area contributed by atoms with E-state index in [1.807, 2.05) is 0 Å². The topological polar surface area (TPSA) is 90.7 Å². The van der Waals surface area contributed by atoms with Gasteiger partial charge in [0, 0.05) is 31.1 Å². The monoisotopic (exact) mass is 338 g/mol. The van der Waals surface area contributed by atoms with Gasteiger partial charge in [-0.05, 0) is 12.5 Å². The molecule has 0 saturated carbocycles. The Morgan fingerprint density at radius 3 is 2.87 bits per heavy atom. The molecule has 0 aliphatic carbocycles. The highest BCUT2D eigenvalue weighted by atomic mass is 32.1. The van der Waals surface area contributed by atoms with Gasteiger partial charge in [-0.15, -0.1) is 11.3 Å². The lowest BCUT2D eigenvalue weighted by Crippen LogP contribution is -2.44. The van der Waals surface area contributed by atoms with Crippen LogP contribution in [0.1, 0.15) is 11.8 Å². The van der Waals surface area contributed by atoms with E-state index in [9.17, 15) is 5.11 Å². The van der Waals surface area contributed by atoms with E-state index in [0.29, 0.717) is 0 Å². The van der Waals surface area contributed by atoms with Gasteiger partial charge in [-0.2, -0.15) is 9.97 Å². The van der Waals surface area contributed by atoms with Crippen molar-refractivity contribution >= 4 is 27.4 Å². The summed E-state index contributed by atoms with van der Waals surface area (Å²) in [5, 5.41) is 22.7. The second-order valence-electron chi connectivity index (χ2n) is 5.50. The number of nitrogens with zero attached hydrogens (tertiary/aromatic N) is 3. The van der Waals surface area contributed by atoms with Crippen LogP contribution in [-0.4, -0.2) is 65.7 Å². The van der Waals surface area contributed by atoms with E-state index in [-0.39, 0.29) is 19.2 Å². The molecule has 8 heteroatoms. The number of rotatable bonds is 6. The van der Waals surface area contributed by atoms with Gasteiger partial charge in [-0.25, -0.2) is 0 Å². The van der Waals surface area contributed by atoms with Gasteiger partial charge in [0.05, 0.1) is 12.0 Å². The summed E-state index contributed by atoms with van der Waals surface area (Å²) in [6.45, 7) is 5.40. The Labute approximate surface area is 138 Å². The Bertz CT molecular complexity index is 657. The van der Waals surface area contributed by atoms with Crippen LogP contribution in [0.5, 0.6) is 6.01 Å². The van der Waals surface area contributed by atoms with Crippen LogP contribution < -0.4 is 15.0 Å². The molecule has 1 aliphatic heterocycles. The molecule has 2 aromatic rings. The first kappa shape index (κ1) is 16.4. The SMILES string of the molecule is CCc1cc2c(N3CCNCC3)nc(OC[C@H](O)CO)nc2s1. The van der Waals surface area contributed by atoms with Crippen LogP contribution in [0, 0.1) is 0 Å². The standard InChI is InChI=1S/C15H22N4O3S/c1-2-11-7-12-13(19-5-3-16-4-6-19)17-15(18-14(12)23-11)22-9-10(21)8-20/h7,10,16,20-21H,2-6,8-9H2,1H3/t10-/m1/s1. The van der Waals surface area contributed by atoms with Crippen molar-refractivity contribution in [3.05, 3.63) is 10.9 Å².